The van der Waals surface area contributed by atoms with Crippen LogP contribution in [-0.4, -0.2) is 31.7 Å². The van der Waals surface area contributed by atoms with E-state index in [-0.39, 0.29) is 12.1 Å². The largest absolute Gasteiger partial charge is 0.474 e. The molecule has 0 aliphatic rings. The Balaban J connectivity index is 1.79. The summed E-state index contributed by atoms with van der Waals surface area (Å²) >= 11 is 0. The monoisotopic (exact) mass is 554 g/mol. The van der Waals surface area contributed by atoms with Crippen molar-refractivity contribution in [3.63, 3.8) is 0 Å². The Kier molecular flexibility index (Phi) is 7.21. The molecule has 0 spiro atoms. The van der Waals surface area contributed by atoms with Crippen LogP contribution >= 0.6 is 0 Å². The van der Waals surface area contributed by atoms with Gasteiger partial charge < -0.3 is 9.30 Å². The molecule has 0 saturated carbocycles. The van der Waals surface area contributed by atoms with Crippen molar-refractivity contribution in [3.8, 4) is 17.1 Å². The average Bonchev–Trinajstić information content (AvgIpc) is 3.62. The maximum absolute atomic E-state index is 12.1. The fourth-order valence-corrected chi connectivity index (χ4v) is 5.88. The zero-order chi connectivity index (χ0) is 29.3. The number of fused-ring (bicyclic) bond motifs is 1. The first-order valence-electron chi connectivity index (χ1n) is 14.3. The number of aromatic nitrogens is 4. The van der Waals surface area contributed by atoms with Crippen LogP contribution in [0.1, 0.15) is 60.9 Å². The van der Waals surface area contributed by atoms with Gasteiger partial charge in [0.15, 0.2) is 6.29 Å². The van der Waals surface area contributed by atoms with Crippen molar-refractivity contribution in [2.75, 3.05) is 0 Å². The Morgan fingerprint density at radius 1 is 0.786 bits per heavy atom. The molecule has 6 heteroatoms. The third kappa shape index (κ3) is 4.49. The SMILES string of the molecule is CC(C)Oc1nccc2c1c(-c1cc(C=O)n(C(C)C)c1)nn2C(c1ccccc1)(c1ccccc1)c1ccccc1. The zero-order valence-electron chi connectivity index (χ0n) is 24.3. The molecule has 210 valence electrons. The first-order chi connectivity index (χ1) is 20.4. The van der Waals surface area contributed by atoms with Gasteiger partial charge in [-0.15, -0.1) is 0 Å². The van der Waals surface area contributed by atoms with Gasteiger partial charge in [-0.05, 0) is 56.5 Å². The van der Waals surface area contributed by atoms with Crippen LogP contribution in [-0.2, 0) is 5.54 Å². The fraction of sp³-hybridized carbons (Fsp3) is 0.194. The lowest BCUT2D eigenvalue weighted by Gasteiger charge is -2.37. The smallest absolute Gasteiger partial charge is 0.225 e. The minimum absolute atomic E-state index is 0.0905. The molecule has 0 radical (unpaired) electrons. The van der Waals surface area contributed by atoms with Gasteiger partial charge in [0.2, 0.25) is 5.88 Å². The van der Waals surface area contributed by atoms with Gasteiger partial charge >= 0.3 is 0 Å². The molecule has 3 heterocycles. The summed E-state index contributed by atoms with van der Waals surface area (Å²) in [6.45, 7) is 8.11. The summed E-state index contributed by atoms with van der Waals surface area (Å²) in [5.41, 5.74) is 5.38. The third-order valence-electron chi connectivity index (χ3n) is 7.63. The molecule has 0 amide bonds. The highest BCUT2D eigenvalue weighted by Gasteiger charge is 2.41. The van der Waals surface area contributed by atoms with Crippen molar-refractivity contribution in [1.82, 2.24) is 19.3 Å². The van der Waals surface area contributed by atoms with Crippen molar-refractivity contribution < 1.29 is 9.53 Å². The van der Waals surface area contributed by atoms with E-state index in [1.165, 1.54) is 0 Å². The summed E-state index contributed by atoms with van der Waals surface area (Å²) in [4.78, 5) is 16.8. The van der Waals surface area contributed by atoms with E-state index in [9.17, 15) is 4.79 Å². The van der Waals surface area contributed by atoms with Crippen molar-refractivity contribution >= 4 is 17.2 Å². The Hall–Kier alpha value is -4.97. The first kappa shape index (κ1) is 27.2. The topological polar surface area (TPSA) is 61.9 Å². The van der Waals surface area contributed by atoms with E-state index >= 15 is 0 Å². The molecule has 42 heavy (non-hydrogen) atoms. The van der Waals surface area contributed by atoms with Crippen LogP contribution in [0.25, 0.3) is 22.2 Å². The van der Waals surface area contributed by atoms with Gasteiger partial charge in [-0.1, -0.05) is 91.0 Å². The summed E-state index contributed by atoms with van der Waals surface area (Å²) < 4.78 is 10.4. The van der Waals surface area contributed by atoms with Crippen molar-refractivity contribution in [3.05, 3.63) is 138 Å². The van der Waals surface area contributed by atoms with Crippen molar-refractivity contribution in [2.24, 2.45) is 0 Å². The Labute approximate surface area is 246 Å². The highest BCUT2D eigenvalue weighted by atomic mass is 16.5. The Bertz CT molecular complexity index is 1720. The lowest BCUT2D eigenvalue weighted by molar-refractivity contribution is 0.111. The number of carbonyl (C=O) groups is 1. The highest BCUT2D eigenvalue weighted by molar-refractivity contribution is 5.98. The molecular formula is C36H34N4O2. The lowest BCUT2D eigenvalue weighted by atomic mass is 9.77. The van der Waals surface area contributed by atoms with E-state index in [1.54, 1.807) is 6.20 Å². The maximum Gasteiger partial charge on any atom is 0.225 e. The Morgan fingerprint density at radius 2 is 1.33 bits per heavy atom. The minimum Gasteiger partial charge on any atom is -0.474 e. The highest BCUT2D eigenvalue weighted by Crippen LogP contribution is 2.45. The van der Waals surface area contributed by atoms with Gasteiger partial charge in [0.05, 0.1) is 22.7 Å². The van der Waals surface area contributed by atoms with Crippen LogP contribution in [0.15, 0.2) is 116 Å². The van der Waals surface area contributed by atoms with Gasteiger partial charge in [-0.2, -0.15) is 5.10 Å². The van der Waals surface area contributed by atoms with Crippen LogP contribution in [0, 0.1) is 0 Å². The quantitative estimate of drug-likeness (QED) is 0.135. The van der Waals surface area contributed by atoms with Gasteiger partial charge in [0, 0.05) is 24.0 Å². The van der Waals surface area contributed by atoms with E-state index in [2.05, 4.69) is 96.3 Å². The molecule has 0 unspecified atom stereocenters. The number of pyridine rings is 1. The predicted molar refractivity (Wildman–Crippen MR) is 167 cm³/mol. The molecule has 6 rings (SSSR count). The molecule has 6 aromatic rings. The van der Waals surface area contributed by atoms with Gasteiger partial charge in [0.25, 0.3) is 0 Å². The molecule has 0 N–H and O–H groups in total. The number of hydrogen-bond donors (Lipinski definition) is 0. The Morgan fingerprint density at radius 3 is 1.79 bits per heavy atom. The van der Waals surface area contributed by atoms with Crippen LogP contribution in [0.2, 0.25) is 0 Å². The average molecular weight is 555 g/mol. The second-order valence-corrected chi connectivity index (χ2v) is 11.0. The van der Waals surface area contributed by atoms with Crippen LogP contribution in [0.3, 0.4) is 0 Å². The fourth-order valence-electron chi connectivity index (χ4n) is 5.88. The van der Waals surface area contributed by atoms with E-state index in [4.69, 9.17) is 9.84 Å². The van der Waals surface area contributed by atoms with Gasteiger partial charge in [-0.3, -0.25) is 4.79 Å². The number of nitrogens with zero attached hydrogens (tertiary/aromatic N) is 4. The molecule has 0 atom stereocenters. The number of hydrogen-bond acceptors (Lipinski definition) is 4. The normalized spacial score (nSPS) is 11.9. The summed E-state index contributed by atoms with van der Waals surface area (Å²) in [7, 11) is 0. The predicted octanol–water partition coefficient (Wildman–Crippen LogP) is 7.92. The molecule has 0 saturated heterocycles. The summed E-state index contributed by atoms with van der Waals surface area (Å²) in [5.74, 6) is 0.511. The van der Waals surface area contributed by atoms with Crippen molar-refractivity contribution in [1.29, 1.82) is 0 Å². The molecule has 3 aromatic heterocycles. The summed E-state index contributed by atoms with van der Waals surface area (Å²) in [6, 6.07) is 35.4. The van der Waals surface area contributed by atoms with E-state index in [0.29, 0.717) is 17.3 Å². The molecule has 0 aliphatic carbocycles. The molecule has 0 aliphatic heterocycles. The van der Waals surface area contributed by atoms with Crippen LogP contribution < -0.4 is 4.74 Å². The second-order valence-electron chi connectivity index (χ2n) is 11.0. The third-order valence-corrected chi connectivity index (χ3v) is 7.63. The summed E-state index contributed by atoms with van der Waals surface area (Å²) in [5, 5.41) is 6.25. The molecule has 6 nitrogen and oxygen atoms in total. The lowest BCUT2D eigenvalue weighted by Crippen LogP contribution is -2.38. The standard InChI is InChI=1S/C36H34N4O2/c1-25(2)39-23-27(22-31(39)24-41)34-33-32(20-21-37-35(33)42-26(3)4)40(38-34)36(28-14-8-5-9-15-28,29-16-10-6-11-17-29)30-18-12-7-13-19-30/h5-26H,1-4H3. The van der Waals surface area contributed by atoms with Crippen LogP contribution in [0.4, 0.5) is 0 Å². The number of ether oxygens (including phenoxy) is 1. The summed E-state index contributed by atoms with van der Waals surface area (Å²) in [6.07, 6.45) is 4.59. The van der Waals surface area contributed by atoms with Crippen molar-refractivity contribution in [2.45, 2.75) is 45.4 Å². The number of benzene rings is 3. The zero-order valence-corrected chi connectivity index (χ0v) is 24.3. The first-order valence-corrected chi connectivity index (χ1v) is 14.3. The molecule has 0 bridgehead atoms. The number of aldehydes is 1. The van der Waals surface area contributed by atoms with E-state index in [1.807, 2.05) is 54.9 Å². The number of rotatable bonds is 9. The maximum atomic E-state index is 12.1. The van der Waals surface area contributed by atoms with E-state index in [0.717, 1.165) is 39.4 Å². The molecule has 0 fully saturated rings. The second kappa shape index (κ2) is 11.1. The van der Waals surface area contributed by atoms with Gasteiger partial charge in [0.1, 0.15) is 11.2 Å². The van der Waals surface area contributed by atoms with Crippen LogP contribution in [0.5, 0.6) is 5.88 Å². The molecular weight excluding hydrogens is 520 g/mol. The number of carbonyl (C=O) groups excluding carboxylic acids is 1. The van der Waals surface area contributed by atoms with Gasteiger partial charge in [-0.25, -0.2) is 9.67 Å². The van der Waals surface area contributed by atoms with E-state index < -0.39 is 5.54 Å². The minimum atomic E-state index is -0.829. The molecule has 3 aromatic carbocycles.